The largest absolute Gasteiger partial charge is 0.469 e. The smallest absolute Gasteiger partial charge is 0.308 e. The fourth-order valence-corrected chi connectivity index (χ4v) is 1.86. The maximum Gasteiger partial charge on any atom is 0.308 e. The summed E-state index contributed by atoms with van der Waals surface area (Å²) in [5, 5.41) is 20.7. The molecule has 1 heterocycles. The van der Waals surface area contributed by atoms with E-state index in [-0.39, 0.29) is 6.42 Å². The molecule has 2 N–H and O–H groups in total. The van der Waals surface area contributed by atoms with Crippen LogP contribution in [0.15, 0.2) is 36.5 Å². The summed E-state index contributed by atoms with van der Waals surface area (Å²) in [7, 11) is 1.24. The van der Waals surface area contributed by atoms with E-state index in [0.717, 1.165) is 10.9 Å². The summed E-state index contributed by atoms with van der Waals surface area (Å²) in [6.07, 6.45) is -0.944. The highest BCUT2D eigenvalue weighted by Gasteiger charge is 2.22. The molecule has 0 saturated carbocycles. The Morgan fingerprint density at radius 1 is 1.37 bits per heavy atom. The van der Waals surface area contributed by atoms with E-state index in [2.05, 4.69) is 9.72 Å². The Balaban J connectivity index is 2.21. The number of aliphatic hydroxyl groups excluding tert-OH is 2. The van der Waals surface area contributed by atoms with E-state index in [9.17, 15) is 15.0 Å². The van der Waals surface area contributed by atoms with Crippen LogP contribution in [0.3, 0.4) is 0 Å². The van der Waals surface area contributed by atoms with Crippen LogP contribution in [0.2, 0.25) is 0 Å². The highest BCUT2D eigenvalue weighted by molar-refractivity contribution is 5.79. The minimum Gasteiger partial charge on any atom is -0.469 e. The van der Waals surface area contributed by atoms with Crippen LogP contribution in [0.4, 0.5) is 0 Å². The zero-order chi connectivity index (χ0) is 13.8. The zero-order valence-corrected chi connectivity index (χ0v) is 10.5. The monoisotopic (exact) mass is 261 g/mol. The van der Waals surface area contributed by atoms with Crippen molar-refractivity contribution in [1.82, 2.24) is 4.98 Å². The maximum atomic E-state index is 11.1. The standard InChI is InChI=1S/C14H15NO4/c1-19-13(17)8-12(16)14(18)10-5-4-9-3-2-6-15-11(9)7-10/h2-7,12,14,16,18H,8H2,1H3. The lowest BCUT2D eigenvalue weighted by molar-refractivity contribution is -0.144. The van der Waals surface area contributed by atoms with Gasteiger partial charge in [0.2, 0.25) is 0 Å². The van der Waals surface area contributed by atoms with Crippen molar-refractivity contribution in [3.8, 4) is 0 Å². The molecule has 5 nitrogen and oxygen atoms in total. The molecule has 2 atom stereocenters. The van der Waals surface area contributed by atoms with Crippen molar-refractivity contribution < 1.29 is 19.7 Å². The lowest BCUT2D eigenvalue weighted by Crippen LogP contribution is -2.22. The number of hydrogen-bond donors (Lipinski definition) is 2. The van der Waals surface area contributed by atoms with Gasteiger partial charge in [0.15, 0.2) is 0 Å². The highest BCUT2D eigenvalue weighted by Crippen LogP contribution is 2.22. The van der Waals surface area contributed by atoms with Crippen molar-refractivity contribution in [1.29, 1.82) is 0 Å². The van der Waals surface area contributed by atoms with Crippen molar-refractivity contribution in [2.24, 2.45) is 0 Å². The second kappa shape index (κ2) is 5.77. The third kappa shape index (κ3) is 3.07. The fourth-order valence-electron chi connectivity index (χ4n) is 1.86. The van der Waals surface area contributed by atoms with Gasteiger partial charge in [0.1, 0.15) is 6.10 Å². The van der Waals surface area contributed by atoms with Gasteiger partial charge in [-0.2, -0.15) is 0 Å². The summed E-state index contributed by atoms with van der Waals surface area (Å²) < 4.78 is 4.45. The summed E-state index contributed by atoms with van der Waals surface area (Å²) in [6.45, 7) is 0. The number of nitrogens with zero attached hydrogens (tertiary/aromatic N) is 1. The molecular formula is C14H15NO4. The minimum absolute atomic E-state index is 0.252. The van der Waals surface area contributed by atoms with E-state index in [0.29, 0.717) is 5.56 Å². The molecule has 0 aliphatic carbocycles. The Morgan fingerprint density at radius 2 is 2.16 bits per heavy atom. The van der Waals surface area contributed by atoms with Crippen molar-refractivity contribution in [3.63, 3.8) is 0 Å². The molecule has 0 bridgehead atoms. The van der Waals surface area contributed by atoms with E-state index < -0.39 is 18.2 Å². The predicted molar refractivity (Wildman–Crippen MR) is 69.3 cm³/mol. The van der Waals surface area contributed by atoms with Crippen molar-refractivity contribution >= 4 is 16.9 Å². The molecule has 2 unspecified atom stereocenters. The second-order valence-corrected chi connectivity index (χ2v) is 4.25. The molecule has 1 aromatic heterocycles. The molecule has 5 heteroatoms. The van der Waals surface area contributed by atoms with Gasteiger partial charge in [0, 0.05) is 11.6 Å². The average molecular weight is 261 g/mol. The Bertz CT molecular complexity index is 584. The molecule has 0 aliphatic rings. The lowest BCUT2D eigenvalue weighted by atomic mass is 10.0. The molecule has 0 saturated heterocycles. The van der Waals surface area contributed by atoms with Crippen LogP contribution in [0.5, 0.6) is 0 Å². The van der Waals surface area contributed by atoms with Gasteiger partial charge in [-0.15, -0.1) is 0 Å². The van der Waals surface area contributed by atoms with E-state index in [1.54, 1.807) is 18.3 Å². The summed E-state index contributed by atoms with van der Waals surface area (Å²) >= 11 is 0. The van der Waals surface area contributed by atoms with Crippen LogP contribution in [-0.2, 0) is 9.53 Å². The topological polar surface area (TPSA) is 79.7 Å². The first-order valence-corrected chi connectivity index (χ1v) is 5.89. The van der Waals surface area contributed by atoms with Crippen LogP contribution < -0.4 is 0 Å². The molecule has 0 fully saturated rings. The van der Waals surface area contributed by atoms with Gasteiger partial charge >= 0.3 is 5.97 Å². The number of esters is 1. The first-order valence-electron chi connectivity index (χ1n) is 5.89. The quantitative estimate of drug-likeness (QED) is 0.808. The number of hydrogen-bond acceptors (Lipinski definition) is 5. The number of rotatable bonds is 4. The summed E-state index contributed by atoms with van der Waals surface area (Å²) in [4.78, 5) is 15.2. The van der Waals surface area contributed by atoms with Crippen molar-refractivity contribution in [3.05, 3.63) is 42.1 Å². The fraction of sp³-hybridized carbons (Fsp3) is 0.286. The maximum absolute atomic E-state index is 11.1. The van der Waals surface area contributed by atoms with Gasteiger partial charge in [0.05, 0.1) is 25.2 Å². The molecule has 0 aliphatic heterocycles. The predicted octanol–water partition coefficient (Wildman–Crippen LogP) is 1.19. The summed E-state index contributed by atoms with van der Waals surface area (Å²) in [5.41, 5.74) is 1.24. The third-order valence-corrected chi connectivity index (χ3v) is 2.94. The third-order valence-electron chi connectivity index (χ3n) is 2.94. The number of benzene rings is 1. The minimum atomic E-state index is -1.20. The summed E-state index contributed by atoms with van der Waals surface area (Å²) in [6, 6.07) is 8.94. The Kier molecular flexibility index (Phi) is 4.09. The number of carbonyl (C=O) groups excluding carboxylic acids is 1. The molecule has 100 valence electrons. The van der Waals surface area contributed by atoms with Crippen LogP contribution in [0.25, 0.3) is 10.9 Å². The Morgan fingerprint density at radius 3 is 2.89 bits per heavy atom. The lowest BCUT2D eigenvalue weighted by Gasteiger charge is -2.17. The first-order chi connectivity index (χ1) is 9.11. The number of aromatic nitrogens is 1. The second-order valence-electron chi connectivity index (χ2n) is 4.25. The number of aliphatic hydroxyl groups is 2. The molecule has 2 rings (SSSR count). The summed E-state index contributed by atoms with van der Waals surface area (Å²) in [5.74, 6) is -0.564. The van der Waals surface area contributed by atoms with Gasteiger partial charge in [0.25, 0.3) is 0 Å². The van der Waals surface area contributed by atoms with Gasteiger partial charge in [-0.3, -0.25) is 9.78 Å². The first kappa shape index (κ1) is 13.5. The van der Waals surface area contributed by atoms with Gasteiger partial charge in [-0.1, -0.05) is 18.2 Å². The Hall–Kier alpha value is -1.98. The van der Waals surface area contributed by atoms with Crippen LogP contribution >= 0.6 is 0 Å². The average Bonchev–Trinajstić information content (AvgIpc) is 2.45. The van der Waals surface area contributed by atoms with E-state index in [1.165, 1.54) is 7.11 Å². The van der Waals surface area contributed by atoms with E-state index >= 15 is 0 Å². The molecule has 0 amide bonds. The van der Waals surface area contributed by atoms with Crippen LogP contribution in [0.1, 0.15) is 18.1 Å². The molecule has 2 aromatic rings. The highest BCUT2D eigenvalue weighted by atomic mass is 16.5. The molecular weight excluding hydrogens is 246 g/mol. The SMILES string of the molecule is COC(=O)CC(O)C(O)c1ccc2cccnc2c1. The number of carbonyl (C=O) groups is 1. The van der Waals surface area contributed by atoms with Gasteiger partial charge < -0.3 is 14.9 Å². The van der Waals surface area contributed by atoms with Gasteiger partial charge in [-0.25, -0.2) is 0 Å². The number of pyridine rings is 1. The van der Waals surface area contributed by atoms with E-state index in [1.807, 2.05) is 18.2 Å². The van der Waals surface area contributed by atoms with Crippen LogP contribution in [0, 0.1) is 0 Å². The number of fused-ring (bicyclic) bond motifs is 1. The number of ether oxygens (including phenoxy) is 1. The van der Waals surface area contributed by atoms with Crippen molar-refractivity contribution in [2.75, 3.05) is 7.11 Å². The molecule has 1 aromatic carbocycles. The van der Waals surface area contributed by atoms with Crippen LogP contribution in [-0.4, -0.2) is 34.4 Å². The van der Waals surface area contributed by atoms with Crippen molar-refractivity contribution in [2.45, 2.75) is 18.6 Å². The molecule has 19 heavy (non-hydrogen) atoms. The van der Waals surface area contributed by atoms with E-state index in [4.69, 9.17) is 0 Å². The zero-order valence-electron chi connectivity index (χ0n) is 10.5. The molecule has 0 spiro atoms. The van der Waals surface area contributed by atoms with Gasteiger partial charge in [-0.05, 0) is 17.7 Å². The number of methoxy groups -OCH3 is 1. The molecule has 0 radical (unpaired) electrons. The Labute approximate surface area is 110 Å². The normalized spacial score (nSPS) is 14.1.